The number of aryl methyl sites for hydroxylation is 1. The summed E-state index contributed by atoms with van der Waals surface area (Å²) in [5.41, 5.74) is -0.736. The fourth-order valence-corrected chi connectivity index (χ4v) is 3.70. The Balaban J connectivity index is 1.60. The van der Waals surface area contributed by atoms with Gasteiger partial charge in [0.15, 0.2) is 0 Å². The molecule has 1 saturated heterocycles. The van der Waals surface area contributed by atoms with Gasteiger partial charge in [0.25, 0.3) is 11.1 Å². The zero-order valence-electron chi connectivity index (χ0n) is 14.6. The number of carbonyl (C=O) groups is 2. The smallest absolute Gasteiger partial charge is 0.265 e. The van der Waals surface area contributed by atoms with E-state index in [9.17, 15) is 19.2 Å². The van der Waals surface area contributed by atoms with E-state index in [-0.39, 0.29) is 48.0 Å². The van der Waals surface area contributed by atoms with Gasteiger partial charge in [-0.25, -0.2) is 4.68 Å². The van der Waals surface area contributed by atoms with Gasteiger partial charge in [0, 0.05) is 31.0 Å². The highest BCUT2D eigenvalue weighted by Gasteiger charge is 2.35. The Kier molecular flexibility index (Phi) is 5.70. The maximum Gasteiger partial charge on any atom is 0.265 e. The minimum absolute atomic E-state index is 0.0310. The van der Waals surface area contributed by atoms with Crippen LogP contribution in [0, 0.1) is 5.92 Å². The summed E-state index contributed by atoms with van der Waals surface area (Å²) >= 11 is 0. The highest BCUT2D eigenvalue weighted by atomic mass is 16.2. The van der Waals surface area contributed by atoms with E-state index < -0.39 is 0 Å². The van der Waals surface area contributed by atoms with Crippen molar-refractivity contribution in [1.29, 1.82) is 0 Å². The van der Waals surface area contributed by atoms with Crippen molar-refractivity contribution in [3.8, 4) is 0 Å². The summed E-state index contributed by atoms with van der Waals surface area (Å²) in [7, 11) is 0. The number of aromatic nitrogens is 2. The molecule has 8 heteroatoms. The molecule has 0 spiro atoms. The summed E-state index contributed by atoms with van der Waals surface area (Å²) in [6.45, 7) is 0.108. The maximum absolute atomic E-state index is 12.3. The van der Waals surface area contributed by atoms with Crippen LogP contribution in [0.5, 0.6) is 0 Å². The van der Waals surface area contributed by atoms with Crippen LogP contribution < -0.4 is 21.8 Å². The number of amides is 2. The van der Waals surface area contributed by atoms with Gasteiger partial charge in [-0.2, -0.15) is 0 Å². The SMILES string of the molecule is O=C(CCn1[nH]c(=O)ccc1=O)N[C@@H]1CCC(=O)N[C@H]1C1CC=CCC1. The lowest BCUT2D eigenvalue weighted by Crippen LogP contribution is -2.58. The topological polar surface area (TPSA) is 113 Å². The minimum atomic E-state index is -0.384. The van der Waals surface area contributed by atoms with Crippen LogP contribution in [0.3, 0.4) is 0 Å². The van der Waals surface area contributed by atoms with Gasteiger partial charge < -0.3 is 10.6 Å². The first kappa shape index (κ1) is 18.2. The van der Waals surface area contributed by atoms with Gasteiger partial charge in [-0.1, -0.05) is 12.2 Å². The Morgan fingerprint density at radius 3 is 2.81 bits per heavy atom. The van der Waals surface area contributed by atoms with E-state index >= 15 is 0 Å². The molecule has 3 N–H and O–H groups in total. The van der Waals surface area contributed by atoms with Crippen molar-refractivity contribution in [2.75, 3.05) is 0 Å². The van der Waals surface area contributed by atoms with E-state index in [1.54, 1.807) is 0 Å². The molecule has 1 unspecified atom stereocenters. The second-order valence-electron chi connectivity index (χ2n) is 6.90. The molecule has 26 heavy (non-hydrogen) atoms. The summed E-state index contributed by atoms with van der Waals surface area (Å²) in [5.74, 6) is 0.158. The zero-order chi connectivity index (χ0) is 18.5. The molecule has 140 valence electrons. The minimum Gasteiger partial charge on any atom is -0.351 e. The molecule has 0 bridgehead atoms. The van der Waals surface area contributed by atoms with Gasteiger partial charge in [0.05, 0.1) is 12.6 Å². The second-order valence-corrected chi connectivity index (χ2v) is 6.90. The quantitative estimate of drug-likeness (QED) is 0.644. The average Bonchev–Trinajstić information content (AvgIpc) is 2.64. The largest absolute Gasteiger partial charge is 0.351 e. The third-order valence-electron chi connectivity index (χ3n) is 5.06. The Morgan fingerprint density at radius 1 is 1.19 bits per heavy atom. The number of nitrogens with zero attached hydrogens (tertiary/aromatic N) is 1. The molecule has 1 aliphatic heterocycles. The summed E-state index contributed by atoms with van der Waals surface area (Å²) in [6.07, 6.45) is 8.26. The number of hydrogen-bond donors (Lipinski definition) is 3. The predicted molar refractivity (Wildman–Crippen MR) is 95.5 cm³/mol. The Morgan fingerprint density at radius 2 is 2.04 bits per heavy atom. The van der Waals surface area contributed by atoms with Crippen molar-refractivity contribution in [2.45, 2.75) is 57.2 Å². The molecular weight excluding hydrogens is 336 g/mol. The van der Waals surface area contributed by atoms with Crippen molar-refractivity contribution in [3.05, 3.63) is 45.0 Å². The molecule has 2 amide bonds. The molecule has 1 aromatic rings. The first-order chi connectivity index (χ1) is 12.5. The third-order valence-corrected chi connectivity index (χ3v) is 5.06. The zero-order valence-corrected chi connectivity index (χ0v) is 14.6. The monoisotopic (exact) mass is 360 g/mol. The van der Waals surface area contributed by atoms with Gasteiger partial charge in [0.2, 0.25) is 11.8 Å². The number of allylic oxidation sites excluding steroid dienone is 2. The number of hydrogen-bond acceptors (Lipinski definition) is 4. The van der Waals surface area contributed by atoms with Crippen molar-refractivity contribution in [1.82, 2.24) is 20.4 Å². The summed E-state index contributed by atoms with van der Waals surface area (Å²) in [4.78, 5) is 47.1. The Bertz CT molecular complexity index is 810. The lowest BCUT2D eigenvalue weighted by molar-refractivity contribution is -0.127. The van der Waals surface area contributed by atoms with E-state index in [1.807, 2.05) is 0 Å². The van der Waals surface area contributed by atoms with Gasteiger partial charge in [-0.3, -0.25) is 24.3 Å². The van der Waals surface area contributed by atoms with Crippen LogP contribution in [0.1, 0.15) is 38.5 Å². The molecule has 3 atom stereocenters. The standard InChI is InChI=1S/C18H24N4O4/c23-14-7-6-13(18(20-14)12-4-2-1-3-5-12)19-15(24)10-11-22-17(26)9-8-16(25)21-22/h1-2,8-9,12-13,18H,3-7,10-11H2,(H,19,24)(H,20,23)(H,21,25)/t12?,13-,18+/m1/s1. The summed E-state index contributed by atoms with van der Waals surface area (Å²) < 4.78 is 1.13. The van der Waals surface area contributed by atoms with Gasteiger partial charge in [-0.05, 0) is 31.6 Å². The van der Waals surface area contributed by atoms with E-state index in [0.717, 1.165) is 30.0 Å². The number of H-pyrrole nitrogens is 1. The molecular formula is C18H24N4O4. The first-order valence-corrected chi connectivity index (χ1v) is 9.07. The van der Waals surface area contributed by atoms with Crippen LogP contribution >= 0.6 is 0 Å². The molecule has 2 heterocycles. The van der Waals surface area contributed by atoms with E-state index in [0.29, 0.717) is 18.8 Å². The first-order valence-electron chi connectivity index (χ1n) is 9.07. The fourth-order valence-electron chi connectivity index (χ4n) is 3.70. The Hall–Kier alpha value is -2.64. The van der Waals surface area contributed by atoms with Crippen LogP contribution in [-0.2, 0) is 16.1 Å². The summed E-state index contributed by atoms with van der Waals surface area (Å²) in [5, 5.41) is 8.45. The molecule has 0 radical (unpaired) electrons. The maximum atomic E-state index is 12.3. The molecule has 1 aromatic heterocycles. The van der Waals surface area contributed by atoms with Crippen molar-refractivity contribution >= 4 is 11.8 Å². The highest BCUT2D eigenvalue weighted by molar-refractivity contribution is 5.79. The molecule has 0 aromatic carbocycles. The lowest BCUT2D eigenvalue weighted by atomic mass is 9.81. The van der Waals surface area contributed by atoms with Crippen LogP contribution in [-0.4, -0.2) is 33.7 Å². The van der Waals surface area contributed by atoms with Crippen LogP contribution in [0.2, 0.25) is 0 Å². The third kappa shape index (κ3) is 4.50. The van der Waals surface area contributed by atoms with Crippen molar-refractivity contribution < 1.29 is 9.59 Å². The summed E-state index contributed by atoms with van der Waals surface area (Å²) in [6, 6.07) is 2.17. The molecule has 1 fully saturated rings. The second kappa shape index (κ2) is 8.16. The number of rotatable bonds is 5. The number of aromatic amines is 1. The number of carbonyl (C=O) groups excluding carboxylic acids is 2. The van der Waals surface area contributed by atoms with Gasteiger partial charge >= 0.3 is 0 Å². The van der Waals surface area contributed by atoms with Crippen LogP contribution in [0.15, 0.2) is 33.9 Å². The van der Waals surface area contributed by atoms with E-state index in [1.165, 1.54) is 6.07 Å². The predicted octanol–water partition coefficient (Wildman–Crippen LogP) is 0.0464. The van der Waals surface area contributed by atoms with Crippen molar-refractivity contribution in [2.24, 2.45) is 5.92 Å². The van der Waals surface area contributed by atoms with E-state index in [2.05, 4.69) is 27.9 Å². The van der Waals surface area contributed by atoms with E-state index in [4.69, 9.17) is 0 Å². The van der Waals surface area contributed by atoms with Crippen molar-refractivity contribution in [3.63, 3.8) is 0 Å². The van der Waals surface area contributed by atoms with Crippen LogP contribution in [0.25, 0.3) is 0 Å². The molecule has 1 aliphatic carbocycles. The normalized spacial score (nSPS) is 25.5. The molecule has 8 nitrogen and oxygen atoms in total. The number of nitrogens with one attached hydrogen (secondary N) is 3. The van der Waals surface area contributed by atoms with Gasteiger partial charge in [-0.15, -0.1) is 0 Å². The molecule has 3 rings (SSSR count). The number of piperidine rings is 1. The Labute approximate surface area is 150 Å². The van der Waals surface area contributed by atoms with Crippen LogP contribution in [0.4, 0.5) is 0 Å². The fraction of sp³-hybridized carbons (Fsp3) is 0.556. The highest BCUT2D eigenvalue weighted by Crippen LogP contribution is 2.27. The lowest BCUT2D eigenvalue weighted by Gasteiger charge is -2.38. The molecule has 0 saturated carbocycles. The molecule has 2 aliphatic rings. The average molecular weight is 360 g/mol. The van der Waals surface area contributed by atoms with Gasteiger partial charge in [0.1, 0.15) is 0 Å².